The number of aromatic nitrogens is 2. The molecule has 0 bridgehead atoms. The van der Waals surface area contributed by atoms with Gasteiger partial charge in [-0.15, -0.1) is 0 Å². The Hall–Kier alpha value is -4.09. The largest absolute Gasteiger partial charge is 0.467 e. The van der Waals surface area contributed by atoms with Crippen molar-refractivity contribution in [2.24, 2.45) is 0 Å². The molecule has 37 heavy (non-hydrogen) atoms. The SMILES string of the molecule is Cc1cccn2c(=O)c(/C=C3\SC(=S)N(Cc4ccc5c(c4)OCO5)C3=O)c(NCc3ccco3)nc12. The highest BCUT2D eigenvalue weighted by Gasteiger charge is 2.33. The zero-order chi connectivity index (χ0) is 25.5. The number of hydrogen-bond acceptors (Lipinski definition) is 9. The number of rotatable bonds is 6. The number of ether oxygens (including phenoxy) is 2. The quantitative estimate of drug-likeness (QED) is 0.287. The smallest absolute Gasteiger partial charge is 0.267 e. The number of fused-ring (bicyclic) bond motifs is 2. The minimum absolute atomic E-state index is 0.174. The average Bonchev–Trinajstić information content (AvgIpc) is 3.63. The first-order chi connectivity index (χ1) is 18.0. The first-order valence-electron chi connectivity index (χ1n) is 11.4. The first kappa shape index (κ1) is 23.3. The Kier molecular flexibility index (Phi) is 5.93. The summed E-state index contributed by atoms with van der Waals surface area (Å²) in [5.74, 6) is 2.07. The van der Waals surface area contributed by atoms with Gasteiger partial charge in [0.1, 0.15) is 21.5 Å². The lowest BCUT2D eigenvalue weighted by Gasteiger charge is -2.15. The van der Waals surface area contributed by atoms with Crippen molar-refractivity contribution in [3.05, 3.63) is 92.6 Å². The molecule has 0 radical (unpaired) electrons. The van der Waals surface area contributed by atoms with E-state index in [1.807, 2.05) is 37.3 Å². The summed E-state index contributed by atoms with van der Waals surface area (Å²) in [4.78, 5) is 33.5. The summed E-state index contributed by atoms with van der Waals surface area (Å²) in [6.45, 7) is 2.66. The van der Waals surface area contributed by atoms with Crippen molar-refractivity contribution in [1.29, 1.82) is 0 Å². The highest BCUT2D eigenvalue weighted by atomic mass is 32.2. The van der Waals surface area contributed by atoms with Crippen LogP contribution in [-0.2, 0) is 17.9 Å². The average molecular weight is 533 g/mol. The standard InChI is InChI=1S/C26H20N4O5S2/c1-15-4-2-8-29-23(15)28-22(27-12-17-5-3-9-33-17)18(24(29)31)11-21-25(32)30(26(36)37-21)13-16-6-7-19-20(10-16)35-14-34-19/h2-11,27H,12-14H2,1H3/b21-11-. The Bertz CT molecular complexity index is 1640. The lowest BCUT2D eigenvalue weighted by molar-refractivity contribution is -0.122. The molecule has 0 aliphatic carbocycles. The van der Waals surface area contributed by atoms with Crippen molar-refractivity contribution in [1.82, 2.24) is 14.3 Å². The van der Waals surface area contributed by atoms with Gasteiger partial charge >= 0.3 is 0 Å². The van der Waals surface area contributed by atoms with Crippen molar-refractivity contribution in [3.63, 3.8) is 0 Å². The van der Waals surface area contributed by atoms with Crippen molar-refractivity contribution in [2.45, 2.75) is 20.0 Å². The maximum Gasteiger partial charge on any atom is 0.267 e. The molecule has 3 aromatic heterocycles. The highest BCUT2D eigenvalue weighted by Crippen LogP contribution is 2.36. The van der Waals surface area contributed by atoms with Gasteiger partial charge in [-0.3, -0.25) is 18.9 Å². The number of pyridine rings is 1. The van der Waals surface area contributed by atoms with Crippen LogP contribution in [0.4, 0.5) is 5.82 Å². The Morgan fingerprint density at radius 3 is 2.86 bits per heavy atom. The molecule has 0 atom stereocenters. The van der Waals surface area contributed by atoms with Crippen molar-refractivity contribution in [3.8, 4) is 11.5 Å². The Labute approximate surface area is 220 Å². The number of anilines is 1. The zero-order valence-electron chi connectivity index (χ0n) is 19.6. The van der Waals surface area contributed by atoms with Gasteiger partial charge in [-0.05, 0) is 54.5 Å². The molecule has 0 spiro atoms. The molecule has 1 fully saturated rings. The molecule has 1 saturated heterocycles. The van der Waals surface area contributed by atoms with E-state index in [4.69, 9.17) is 31.1 Å². The molecule has 0 saturated carbocycles. The van der Waals surface area contributed by atoms with Crippen LogP contribution in [0.15, 0.2) is 69.0 Å². The van der Waals surface area contributed by atoms with E-state index in [0.29, 0.717) is 44.5 Å². The van der Waals surface area contributed by atoms with Gasteiger partial charge in [0.2, 0.25) is 6.79 Å². The van der Waals surface area contributed by atoms with E-state index in [-0.39, 0.29) is 30.4 Å². The van der Waals surface area contributed by atoms with E-state index in [1.54, 1.807) is 30.7 Å². The number of nitrogens with zero attached hydrogens (tertiary/aromatic N) is 3. The molecule has 1 aromatic carbocycles. The van der Waals surface area contributed by atoms with Gasteiger partial charge in [0.15, 0.2) is 11.5 Å². The predicted octanol–water partition coefficient (Wildman–Crippen LogP) is 4.34. The van der Waals surface area contributed by atoms with Crippen LogP contribution in [0.5, 0.6) is 11.5 Å². The maximum atomic E-state index is 13.5. The van der Waals surface area contributed by atoms with Crippen molar-refractivity contribution in [2.75, 3.05) is 12.1 Å². The molecule has 9 nitrogen and oxygen atoms in total. The fraction of sp³-hybridized carbons (Fsp3) is 0.154. The third-order valence-corrected chi connectivity index (χ3v) is 7.40. The van der Waals surface area contributed by atoms with E-state index in [2.05, 4.69) is 5.32 Å². The second kappa shape index (κ2) is 9.41. The van der Waals surface area contributed by atoms with Crippen LogP contribution < -0.4 is 20.3 Å². The molecule has 0 unspecified atom stereocenters. The second-order valence-corrected chi connectivity index (χ2v) is 10.1. The number of hydrogen-bond donors (Lipinski definition) is 1. The van der Waals surface area contributed by atoms with Gasteiger partial charge < -0.3 is 19.2 Å². The number of thioether (sulfide) groups is 1. The summed E-state index contributed by atoms with van der Waals surface area (Å²) in [6.07, 6.45) is 4.81. The molecule has 2 aliphatic heterocycles. The van der Waals surface area contributed by atoms with Crippen LogP contribution in [0.1, 0.15) is 22.5 Å². The monoisotopic (exact) mass is 532 g/mol. The summed E-state index contributed by atoms with van der Waals surface area (Å²) in [5.41, 5.74) is 2.20. The molecule has 6 rings (SSSR count). The van der Waals surface area contributed by atoms with Crippen LogP contribution >= 0.6 is 24.0 Å². The molecule has 4 aromatic rings. The maximum absolute atomic E-state index is 13.5. The molecule has 186 valence electrons. The van der Waals surface area contributed by atoms with Crippen LogP contribution in [0.25, 0.3) is 11.7 Å². The molecular formula is C26H20N4O5S2. The lowest BCUT2D eigenvalue weighted by Crippen LogP contribution is -2.27. The number of aryl methyl sites for hydroxylation is 1. The van der Waals surface area contributed by atoms with Gasteiger partial charge in [0, 0.05) is 6.20 Å². The number of carbonyl (C=O) groups excluding carboxylic acids is 1. The van der Waals surface area contributed by atoms with Crippen LogP contribution in [0.3, 0.4) is 0 Å². The molecular weight excluding hydrogens is 512 g/mol. The van der Waals surface area contributed by atoms with E-state index in [9.17, 15) is 9.59 Å². The first-order valence-corrected chi connectivity index (χ1v) is 12.6. The second-order valence-electron chi connectivity index (χ2n) is 8.45. The van der Waals surface area contributed by atoms with Gasteiger partial charge in [0.05, 0.1) is 29.8 Å². The number of furan rings is 1. The topological polar surface area (TPSA) is 98.3 Å². The number of thiocarbonyl (C=S) groups is 1. The molecule has 1 N–H and O–H groups in total. The predicted molar refractivity (Wildman–Crippen MR) is 144 cm³/mol. The minimum atomic E-state index is -0.295. The summed E-state index contributed by atoms with van der Waals surface area (Å²) in [7, 11) is 0. The van der Waals surface area contributed by atoms with E-state index >= 15 is 0 Å². The third-order valence-electron chi connectivity index (χ3n) is 6.02. The third kappa shape index (κ3) is 4.36. The molecule has 2 aliphatic rings. The van der Waals surface area contributed by atoms with Crippen molar-refractivity contribution < 1.29 is 18.7 Å². The fourth-order valence-corrected chi connectivity index (χ4v) is 5.39. The normalized spacial score (nSPS) is 15.8. The van der Waals surface area contributed by atoms with E-state index < -0.39 is 0 Å². The molecule has 1 amide bonds. The zero-order valence-corrected chi connectivity index (χ0v) is 21.2. The highest BCUT2D eigenvalue weighted by molar-refractivity contribution is 8.26. The Morgan fingerprint density at radius 2 is 2.03 bits per heavy atom. The van der Waals surface area contributed by atoms with Crippen LogP contribution in [0, 0.1) is 6.92 Å². The van der Waals surface area contributed by atoms with Gasteiger partial charge in [-0.2, -0.15) is 0 Å². The summed E-state index contributed by atoms with van der Waals surface area (Å²) >= 11 is 6.67. The Morgan fingerprint density at radius 1 is 1.16 bits per heavy atom. The van der Waals surface area contributed by atoms with Gasteiger partial charge in [-0.1, -0.05) is 36.1 Å². The number of benzene rings is 1. The van der Waals surface area contributed by atoms with Crippen molar-refractivity contribution >= 4 is 51.7 Å². The molecule has 11 heteroatoms. The summed E-state index contributed by atoms with van der Waals surface area (Å²) in [5, 5.41) is 3.20. The van der Waals surface area contributed by atoms with Gasteiger partial charge in [-0.25, -0.2) is 4.98 Å². The molecule has 5 heterocycles. The van der Waals surface area contributed by atoms with Crippen LogP contribution in [-0.4, -0.2) is 31.3 Å². The van der Waals surface area contributed by atoms with E-state index in [1.165, 1.54) is 9.30 Å². The van der Waals surface area contributed by atoms with Gasteiger partial charge in [0.25, 0.3) is 11.5 Å². The fourth-order valence-electron chi connectivity index (χ4n) is 4.15. The number of carbonyl (C=O) groups is 1. The van der Waals surface area contributed by atoms with E-state index in [0.717, 1.165) is 22.9 Å². The number of nitrogens with one attached hydrogen (secondary N) is 1. The number of amides is 1. The van der Waals surface area contributed by atoms with Crippen LogP contribution in [0.2, 0.25) is 0 Å². The lowest BCUT2D eigenvalue weighted by atomic mass is 10.2. The minimum Gasteiger partial charge on any atom is -0.467 e. The summed E-state index contributed by atoms with van der Waals surface area (Å²) in [6, 6.07) is 12.8. The summed E-state index contributed by atoms with van der Waals surface area (Å²) < 4.78 is 18.1. The Balaban J connectivity index is 1.35.